The third kappa shape index (κ3) is 2.38. The van der Waals surface area contributed by atoms with E-state index in [0.29, 0.717) is 12.8 Å². The maximum Gasteiger partial charge on any atom is 0.344 e. The van der Waals surface area contributed by atoms with Crippen LogP contribution >= 0.6 is 0 Å². The van der Waals surface area contributed by atoms with Gasteiger partial charge in [-0.2, -0.15) is 8.42 Å². The van der Waals surface area contributed by atoms with E-state index in [4.69, 9.17) is 18.4 Å². The second kappa shape index (κ2) is 5.80. The Morgan fingerprint density at radius 1 is 1.28 bits per heavy atom. The van der Waals surface area contributed by atoms with Crippen LogP contribution in [0, 0.1) is 11.8 Å². The van der Waals surface area contributed by atoms with E-state index in [-0.39, 0.29) is 11.5 Å². The van der Waals surface area contributed by atoms with Gasteiger partial charge in [-0.3, -0.25) is 8.98 Å². The number of rotatable bonds is 5. The Morgan fingerprint density at radius 3 is 2.56 bits per heavy atom. The monoisotopic (exact) mass is 374 g/mol. The van der Waals surface area contributed by atoms with Gasteiger partial charge in [0.05, 0.1) is 13.2 Å². The maximum atomic E-state index is 12.5. The lowest BCUT2D eigenvalue weighted by atomic mass is 9.83. The highest BCUT2D eigenvalue weighted by Gasteiger charge is 2.80. The second-order valence-corrected chi connectivity index (χ2v) is 8.25. The Bertz CT molecular complexity index is 755. The number of hydrogen-bond acceptors (Lipinski definition) is 9. The zero-order valence-electron chi connectivity index (χ0n) is 13.7. The van der Waals surface area contributed by atoms with Crippen LogP contribution in [0.2, 0.25) is 0 Å². The predicted molar refractivity (Wildman–Crippen MR) is 80.4 cm³/mol. The van der Waals surface area contributed by atoms with Crippen LogP contribution in [0.25, 0.3) is 0 Å². The van der Waals surface area contributed by atoms with Crippen LogP contribution < -0.4 is 0 Å². The molecule has 2 aliphatic carbocycles. The third-order valence-electron chi connectivity index (χ3n) is 5.04. The lowest BCUT2D eigenvalue weighted by molar-refractivity contribution is -0.168. The summed E-state index contributed by atoms with van der Waals surface area (Å²) in [6.45, 7) is 4.09. The SMILES string of the molecule is C=C(C)C(=O)OCC(=O)OC1C2CC3[C@H](C2)OS(=O)(=O)C13C(=O)OC. The van der Waals surface area contributed by atoms with Gasteiger partial charge in [0.25, 0.3) is 10.1 Å². The van der Waals surface area contributed by atoms with E-state index in [1.807, 2.05) is 0 Å². The standard InChI is InChI=1S/C15H18O9S/c1-7(2)13(17)22-6-11(16)23-12-8-4-9-10(5-8)24-25(19,20)15(9,12)14(18)21-3/h8-10,12H,1,4-6H2,2-3H3/t8?,9?,10-,12?,15?/m0/s1. The van der Waals surface area contributed by atoms with Gasteiger partial charge in [0.1, 0.15) is 6.10 Å². The average Bonchev–Trinajstić information content (AvgIpc) is 3.11. The Balaban J connectivity index is 1.83. The van der Waals surface area contributed by atoms with Crippen molar-refractivity contribution in [2.24, 2.45) is 11.8 Å². The summed E-state index contributed by atoms with van der Waals surface area (Å²) in [5, 5.41) is 0. The topological polar surface area (TPSA) is 122 Å². The number of esters is 3. The molecule has 0 aromatic rings. The van der Waals surface area contributed by atoms with E-state index in [1.165, 1.54) is 6.92 Å². The molecule has 1 aliphatic heterocycles. The van der Waals surface area contributed by atoms with Crippen molar-refractivity contribution in [1.82, 2.24) is 0 Å². The number of carbonyl (C=O) groups is 3. The highest BCUT2D eigenvalue weighted by atomic mass is 32.2. The molecule has 0 aromatic carbocycles. The van der Waals surface area contributed by atoms with Gasteiger partial charge < -0.3 is 14.2 Å². The molecule has 1 saturated heterocycles. The van der Waals surface area contributed by atoms with Gasteiger partial charge in [-0.15, -0.1) is 0 Å². The second-order valence-electron chi connectivity index (χ2n) is 6.48. The van der Waals surface area contributed by atoms with Gasteiger partial charge >= 0.3 is 17.9 Å². The van der Waals surface area contributed by atoms with Crippen LogP contribution in [-0.2, 0) is 42.9 Å². The first-order valence-corrected chi connectivity index (χ1v) is 9.09. The fourth-order valence-electron chi connectivity index (χ4n) is 4.11. The van der Waals surface area contributed by atoms with Crippen molar-refractivity contribution < 1.29 is 41.2 Å². The Labute approximate surface area is 144 Å². The molecule has 0 amide bonds. The largest absolute Gasteiger partial charge is 0.468 e. The van der Waals surface area contributed by atoms with Gasteiger partial charge in [0.2, 0.25) is 4.75 Å². The minimum Gasteiger partial charge on any atom is -0.468 e. The predicted octanol–water partition coefficient (Wildman–Crippen LogP) is -0.302. The molecule has 10 heteroatoms. The maximum absolute atomic E-state index is 12.5. The Hall–Kier alpha value is -1.94. The smallest absolute Gasteiger partial charge is 0.344 e. The normalized spacial score (nSPS) is 36.7. The van der Waals surface area contributed by atoms with E-state index < -0.39 is 57.5 Å². The number of hydrogen-bond donors (Lipinski definition) is 0. The molecule has 3 fully saturated rings. The summed E-state index contributed by atoms with van der Waals surface area (Å²) in [6, 6.07) is 0. The minimum atomic E-state index is -4.32. The third-order valence-corrected chi connectivity index (χ3v) is 7.07. The summed E-state index contributed by atoms with van der Waals surface area (Å²) >= 11 is 0. The van der Waals surface area contributed by atoms with Gasteiger partial charge in [0.15, 0.2) is 6.61 Å². The molecule has 9 nitrogen and oxygen atoms in total. The average molecular weight is 374 g/mol. The molecule has 0 radical (unpaired) electrons. The van der Waals surface area contributed by atoms with E-state index in [2.05, 4.69) is 6.58 Å². The number of carbonyl (C=O) groups excluding carboxylic acids is 3. The highest BCUT2D eigenvalue weighted by molar-refractivity contribution is 7.89. The highest BCUT2D eigenvalue weighted by Crippen LogP contribution is 2.62. The lowest BCUT2D eigenvalue weighted by Gasteiger charge is -2.33. The van der Waals surface area contributed by atoms with Crippen molar-refractivity contribution in [2.45, 2.75) is 36.7 Å². The first-order valence-electron chi connectivity index (χ1n) is 7.68. The van der Waals surface area contributed by atoms with Crippen molar-refractivity contribution in [1.29, 1.82) is 0 Å². The summed E-state index contributed by atoms with van der Waals surface area (Å²) in [6.07, 6.45) is -1.09. The van der Waals surface area contributed by atoms with Crippen molar-refractivity contribution in [3.8, 4) is 0 Å². The fraction of sp³-hybridized carbons (Fsp3) is 0.667. The summed E-state index contributed by atoms with van der Waals surface area (Å²) in [5.74, 6) is -3.68. The van der Waals surface area contributed by atoms with Gasteiger partial charge in [-0.25, -0.2) is 9.59 Å². The van der Waals surface area contributed by atoms with E-state index >= 15 is 0 Å². The van der Waals surface area contributed by atoms with Crippen molar-refractivity contribution in [2.75, 3.05) is 13.7 Å². The molecule has 1 heterocycles. The molecular formula is C15H18O9S. The number of methoxy groups -OCH3 is 1. The van der Waals surface area contributed by atoms with Crippen molar-refractivity contribution in [3.05, 3.63) is 12.2 Å². The minimum absolute atomic E-state index is 0.105. The van der Waals surface area contributed by atoms with E-state index in [0.717, 1.165) is 7.11 Å². The molecule has 138 valence electrons. The molecule has 0 spiro atoms. The first-order chi connectivity index (χ1) is 11.6. The molecule has 0 aromatic heterocycles. The fourth-order valence-corrected chi connectivity index (χ4v) is 6.24. The van der Waals surface area contributed by atoms with Crippen molar-refractivity contribution in [3.63, 3.8) is 0 Å². The zero-order valence-corrected chi connectivity index (χ0v) is 14.5. The lowest BCUT2D eigenvalue weighted by Crippen LogP contribution is -2.58. The van der Waals surface area contributed by atoms with Gasteiger partial charge in [0, 0.05) is 17.4 Å². The molecular weight excluding hydrogens is 356 g/mol. The summed E-state index contributed by atoms with van der Waals surface area (Å²) < 4.78 is 42.8. The summed E-state index contributed by atoms with van der Waals surface area (Å²) in [4.78, 5) is 35.7. The van der Waals surface area contributed by atoms with Gasteiger partial charge in [-0.1, -0.05) is 6.58 Å². The molecule has 2 bridgehead atoms. The number of fused-ring (bicyclic) bond motifs is 1. The zero-order chi connectivity index (χ0) is 18.6. The van der Waals surface area contributed by atoms with Crippen LogP contribution in [0.3, 0.4) is 0 Å². The quantitative estimate of drug-likeness (QED) is 0.276. The van der Waals surface area contributed by atoms with Gasteiger partial charge in [-0.05, 0) is 19.8 Å². The van der Waals surface area contributed by atoms with Crippen LogP contribution in [0.4, 0.5) is 0 Å². The van der Waals surface area contributed by atoms with Crippen molar-refractivity contribution >= 4 is 28.0 Å². The molecule has 2 saturated carbocycles. The Kier molecular flexibility index (Phi) is 4.15. The Morgan fingerprint density at radius 2 is 1.96 bits per heavy atom. The summed E-state index contributed by atoms with van der Waals surface area (Å²) in [5.41, 5.74) is 0.105. The van der Waals surface area contributed by atoms with E-state index in [9.17, 15) is 22.8 Å². The van der Waals surface area contributed by atoms with Crippen LogP contribution in [0.5, 0.6) is 0 Å². The molecule has 3 aliphatic rings. The molecule has 4 unspecified atom stereocenters. The van der Waals surface area contributed by atoms with Crippen LogP contribution in [0.1, 0.15) is 19.8 Å². The number of ether oxygens (including phenoxy) is 3. The van der Waals surface area contributed by atoms with Crippen LogP contribution in [0.15, 0.2) is 12.2 Å². The first kappa shape index (κ1) is 17.9. The molecule has 5 atom stereocenters. The van der Waals surface area contributed by atoms with E-state index in [1.54, 1.807) is 0 Å². The summed E-state index contributed by atoms with van der Waals surface area (Å²) in [7, 11) is -3.25. The van der Waals surface area contributed by atoms with Crippen LogP contribution in [-0.4, -0.2) is 57.0 Å². The molecule has 0 N–H and O–H groups in total. The molecule has 25 heavy (non-hydrogen) atoms. The molecule has 3 rings (SSSR count).